The lowest BCUT2D eigenvalue weighted by Gasteiger charge is -2.31. The quantitative estimate of drug-likeness (QED) is 0.236. The summed E-state index contributed by atoms with van der Waals surface area (Å²) in [5.41, 5.74) is 1.86. The normalized spacial score (nSPS) is 21.7. The van der Waals surface area contributed by atoms with Crippen molar-refractivity contribution in [1.29, 1.82) is 0 Å². The molecule has 3 aliphatic heterocycles. The van der Waals surface area contributed by atoms with E-state index in [0.717, 1.165) is 58.5 Å². The minimum Gasteiger partial charge on any atom is -0.378 e. The number of amides is 3. The Labute approximate surface area is 249 Å². The summed E-state index contributed by atoms with van der Waals surface area (Å²) in [6.45, 7) is 1.21. The molecule has 2 saturated heterocycles. The van der Waals surface area contributed by atoms with E-state index in [2.05, 4.69) is 0 Å². The zero-order chi connectivity index (χ0) is 29.7. The highest BCUT2D eigenvalue weighted by atomic mass is 32.2. The Morgan fingerprint density at radius 3 is 2.26 bits per heavy atom. The van der Waals surface area contributed by atoms with Gasteiger partial charge in [0.25, 0.3) is 5.69 Å². The predicted molar refractivity (Wildman–Crippen MR) is 160 cm³/mol. The molecule has 3 aromatic rings. The third-order valence-electron chi connectivity index (χ3n) is 8.14. The molecule has 0 aliphatic carbocycles. The Balaban J connectivity index is 1.42. The van der Waals surface area contributed by atoms with Crippen LogP contribution in [0.1, 0.15) is 35.6 Å². The number of rotatable bonds is 6. The molecular formula is C29H29N5O6S2. The maximum Gasteiger partial charge on any atom is 0.308 e. The minimum absolute atomic E-state index is 0.116. The van der Waals surface area contributed by atoms with Gasteiger partial charge in [0.1, 0.15) is 11.8 Å². The second kappa shape index (κ2) is 11.0. The van der Waals surface area contributed by atoms with Gasteiger partial charge in [-0.25, -0.2) is 4.90 Å². The number of non-ortho nitro benzene ring substituents is 1. The number of hydrogen-bond donors (Lipinski definition) is 0. The number of thioether (sulfide) groups is 1. The highest BCUT2D eigenvalue weighted by Gasteiger charge is 2.57. The highest BCUT2D eigenvalue weighted by Crippen LogP contribution is 2.54. The Morgan fingerprint density at radius 1 is 0.976 bits per heavy atom. The van der Waals surface area contributed by atoms with Crippen LogP contribution in [0.2, 0.25) is 0 Å². The van der Waals surface area contributed by atoms with Crippen molar-refractivity contribution in [3.05, 3.63) is 78.8 Å². The number of benzene rings is 2. The number of likely N-dealkylation sites (tertiary alicyclic amines) is 1. The molecule has 3 unspecified atom stereocenters. The number of nitro benzene ring substituents is 1. The van der Waals surface area contributed by atoms with Crippen LogP contribution in [-0.4, -0.2) is 64.5 Å². The number of hydrogen-bond acceptors (Lipinski definition) is 9. The van der Waals surface area contributed by atoms with Gasteiger partial charge in [-0.1, -0.05) is 35.2 Å². The maximum atomic E-state index is 14.0. The van der Waals surface area contributed by atoms with E-state index in [1.54, 1.807) is 4.90 Å². The largest absolute Gasteiger partial charge is 0.378 e. The number of carbonyl (C=O) groups excluding carboxylic acids is 3. The van der Waals surface area contributed by atoms with E-state index >= 15 is 0 Å². The fourth-order valence-electron chi connectivity index (χ4n) is 5.95. The molecule has 6 rings (SSSR count). The Kier molecular flexibility index (Phi) is 7.39. The van der Waals surface area contributed by atoms with Crippen LogP contribution in [0.15, 0.2) is 58.4 Å². The predicted octanol–water partition coefficient (Wildman–Crippen LogP) is 3.69. The zero-order valence-electron chi connectivity index (χ0n) is 23.1. The van der Waals surface area contributed by atoms with Crippen molar-refractivity contribution in [3.8, 4) is 0 Å². The van der Waals surface area contributed by atoms with Crippen molar-refractivity contribution in [2.75, 3.05) is 37.0 Å². The van der Waals surface area contributed by atoms with Crippen LogP contribution in [-0.2, 0) is 20.9 Å². The van der Waals surface area contributed by atoms with Gasteiger partial charge in [-0.05, 0) is 49.1 Å². The van der Waals surface area contributed by atoms with Gasteiger partial charge >= 0.3 is 4.87 Å². The molecule has 13 heteroatoms. The molecule has 0 bridgehead atoms. The van der Waals surface area contributed by atoms with E-state index < -0.39 is 33.8 Å². The third-order valence-corrected chi connectivity index (χ3v) is 10.7. The molecule has 218 valence electrons. The number of anilines is 2. The first kappa shape index (κ1) is 28.2. The van der Waals surface area contributed by atoms with Gasteiger partial charge in [0, 0.05) is 55.8 Å². The Morgan fingerprint density at radius 2 is 1.64 bits per heavy atom. The van der Waals surface area contributed by atoms with Crippen molar-refractivity contribution in [2.24, 2.45) is 5.92 Å². The molecule has 0 N–H and O–H groups in total. The molecule has 42 heavy (non-hydrogen) atoms. The second-order valence-corrected chi connectivity index (χ2v) is 13.0. The van der Waals surface area contributed by atoms with Crippen molar-refractivity contribution in [2.45, 2.75) is 42.0 Å². The van der Waals surface area contributed by atoms with Gasteiger partial charge in [0.2, 0.25) is 17.7 Å². The number of fused-ring (bicyclic) bond motifs is 2. The molecule has 0 spiro atoms. The van der Waals surface area contributed by atoms with Gasteiger partial charge in [-0.2, -0.15) is 0 Å². The number of aromatic nitrogens is 1. The fourth-order valence-corrected chi connectivity index (χ4v) is 8.72. The average Bonchev–Trinajstić information content (AvgIpc) is 3.43. The van der Waals surface area contributed by atoms with Gasteiger partial charge in [-0.15, -0.1) is 0 Å². The fraction of sp³-hybridized carbons (Fsp3) is 0.379. The average molecular weight is 608 g/mol. The summed E-state index contributed by atoms with van der Waals surface area (Å²) in [7, 11) is 3.85. The van der Waals surface area contributed by atoms with Crippen LogP contribution in [0.4, 0.5) is 17.1 Å². The summed E-state index contributed by atoms with van der Waals surface area (Å²) in [5.74, 6) is -2.37. The van der Waals surface area contributed by atoms with Crippen LogP contribution in [0, 0.1) is 16.0 Å². The number of piperidine rings is 1. The first-order chi connectivity index (χ1) is 20.2. The number of thiazole rings is 1. The third kappa shape index (κ3) is 4.79. The zero-order valence-corrected chi connectivity index (χ0v) is 24.7. The topological polar surface area (TPSA) is 126 Å². The van der Waals surface area contributed by atoms with Gasteiger partial charge in [0.05, 0.1) is 21.6 Å². The Hall–Kier alpha value is -3.97. The molecule has 3 atom stereocenters. The number of carbonyl (C=O) groups is 3. The van der Waals surface area contributed by atoms with E-state index in [4.69, 9.17) is 0 Å². The van der Waals surface area contributed by atoms with E-state index in [9.17, 15) is 29.3 Å². The highest BCUT2D eigenvalue weighted by molar-refractivity contribution is 8.00. The van der Waals surface area contributed by atoms with Gasteiger partial charge < -0.3 is 9.80 Å². The molecule has 11 nitrogen and oxygen atoms in total. The van der Waals surface area contributed by atoms with Gasteiger partial charge in [-0.3, -0.25) is 33.9 Å². The van der Waals surface area contributed by atoms with Crippen LogP contribution < -0.4 is 14.7 Å². The van der Waals surface area contributed by atoms with E-state index in [1.165, 1.54) is 28.8 Å². The second-order valence-electron chi connectivity index (χ2n) is 10.9. The molecule has 1 aromatic heterocycles. The smallest absolute Gasteiger partial charge is 0.308 e. The summed E-state index contributed by atoms with van der Waals surface area (Å²) < 4.78 is 1.46. The van der Waals surface area contributed by atoms with E-state index in [1.807, 2.05) is 43.3 Å². The summed E-state index contributed by atoms with van der Waals surface area (Å²) in [5, 5.41) is 10.9. The van der Waals surface area contributed by atoms with Crippen LogP contribution >= 0.6 is 23.1 Å². The first-order valence-corrected chi connectivity index (χ1v) is 15.4. The lowest BCUT2D eigenvalue weighted by molar-refractivity contribution is -0.384. The molecule has 3 amide bonds. The molecule has 2 aromatic carbocycles. The standard InChI is InChI=1S/C29H29N5O6S2/c1-30(2)18-8-6-17(7-9-18)22-23-24(27(37)33(26(23)36)19-10-12-20(13-11-19)34(39)40)41-28-25(22)42-29(38)32(28)16-21(35)31-14-4-3-5-15-31/h6-13,22-24H,3-5,14-16H2,1-2H3. The molecule has 2 fully saturated rings. The summed E-state index contributed by atoms with van der Waals surface area (Å²) in [4.78, 5) is 70.3. The SMILES string of the molecule is CN(C)c1ccc(C2c3sc(=O)n(CC(=O)N4CCCCC4)c3SC3C(=O)N(c4ccc([N+](=O)[O-])cc4)C(=O)C32)cc1. The number of nitro groups is 1. The van der Waals surface area contributed by atoms with Crippen molar-refractivity contribution in [3.63, 3.8) is 0 Å². The summed E-state index contributed by atoms with van der Waals surface area (Å²) in [6.07, 6.45) is 2.94. The van der Waals surface area contributed by atoms with Crippen molar-refractivity contribution in [1.82, 2.24) is 9.47 Å². The molecule has 0 saturated carbocycles. The first-order valence-electron chi connectivity index (χ1n) is 13.7. The van der Waals surface area contributed by atoms with Gasteiger partial charge in [0.15, 0.2) is 0 Å². The molecule has 3 aliphatic rings. The number of imide groups is 1. The monoisotopic (exact) mass is 607 g/mol. The molecule has 0 radical (unpaired) electrons. The lowest BCUT2D eigenvalue weighted by Crippen LogP contribution is -2.39. The lowest BCUT2D eigenvalue weighted by atomic mass is 9.83. The summed E-state index contributed by atoms with van der Waals surface area (Å²) >= 11 is 2.18. The molecule has 4 heterocycles. The van der Waals surface area contributed by atoms with Crippen LogP contribution in [0.25, 0.3) is 0 Å². The van der Waals surface area contributed by atoms with Crippen molar-refractivity contribution >= 4 is 57.9 Å². The van der Waals surface area contributed by atoms with E-state index in [0.29, 0.717) is 23.0 Å². The van der Waals surface area contributed by atoms with Crippen LogP contribution in [0.5, 0.6) is 0 Å². The Bertz CT molecular complexity index is 1630. The number of nitrogens with zero attached hydrogens (tertiary/aromatic N) is 5. The maximum absolute atomic E-state index is 14.0. The summed E-state index contributed by atoms with van der Waals surface area (Å²) in [6, 6.07) is 13.0. The van der Waals surface area contributed by atoms with E-state index in [-0.39, 0.29) is 28.7 Å². The van der Waals surface area contributed by atoms with Crippen LogP contribution in [0.3, 0.4) is 0 Å². The minimum atomic E-state index is -0.830. The molecular weight excluding hydrogens is 578 g/mol. The van der Waals surface area contributed by atoms with Crippen molar-refractivity contribution < 1.29 is 19.3 Å².